The number of nitrogens with two attached hydrogens (primary N) is 1. The van der Waals surface area contributed by atoms with Crippen LogP contribution in [0.2, 0.25) is 0 Å². The third-order valence-electron chi connectivity index (χ3n) is 3.47. The molecule has 0 spiro atoms. The lowest BCUT2D eigenvalue weighted by Gasteiger charge is -2.12. The first-order valence-electron chi connectivity index (χ1n) is 8.28. The van der Waals surface area contributed by atoms with Crippen molar-refractivity contribution in [1.29, 1.82) is 0 Å². The summed E-state index contributed by atoms with van der Waals surface area (Å²) in [6.07, 6.45) is 1.66. The second-order valence-electron chi connectivity index (χ2n) is 5.50. The van der Waals surface area contributed by atoms with Gasteiger partial charge in [0.2, 0.25) is 5.13 Å². The average molecular weight is 386 g/mol. The molecule has 0 aliphatic carbocycles. The molecule has 0 unspecified atom stereocenters. The van der Waals surface area contributed by atoms with E-state index in [0.29, 0.717) is 35.7 Å². The minimum absolute atomic E-state index is 0.272. The Hall–Kier alpha value is -3.13. The van der Waals surface area contributed by atoms with Crippen molar-refractivity contribution in [2.75, 3.05) is 17.8 Å². The Morgan fingerprint density at radius 2 is 2.00 bits per heavy atom. The first kappa shape index (κ1) is 18.7. The fourth-order valence-electron chi connectivity index (χ4n) is 2.23. The molecular formula is C19H19FN4O2S. The average Bonchev–Trinajstić information content (AvgIpc) is 3.08. The van der Waals surface area contributed by atoms with Gasteiger partial charge in [0, 0.05) is 5.38 Å². The zero-order valence-electron chi connectivity index (χ0n) is 14.7. The minimum Gasteiger partial charge on any atom is -0.490 e. The third-order valence-corrected chi connectivity index (χ3v) is 4.24. The van der Waals surface area contributed by atoms with Crippen LogP contribution >= 0.6 is 11.3 Å². The molecule has 140 valence electrons. The van der Waals surface area contributed by atoms with E-state index in [0.717, 1.165) is 11.1 Å². The second-order valence-corrected chi connectivity index (χ2v) is 6.36. The maximum absolute atomic E-state index is 13.0. The number of halogens is 1. The smallest absolute Gasteiger partial charge is 0.205 e. The van der Waals surface area contributed by atoms with Crippen LogP contribution in [0.15, 0.2) is 52.9 Å². The van der Waals surface area contributed by atoms with Crippen molar-refractivity contribution < 1.29 is 13.9 Å². The summed E-state index contributed by atoms with van der Waals surface area (Å²) in [5.41, 5.74) is 10.1. The fraction of sp³-hybridized carbons (Fsp3) is 0.158. The quantitative estimate of drug-likeness (QED) is 0.446. The van der Waals surface area contributed by atoms with Crippen LogP contribution in [0.1, 0.15) is 18.1 Å². The first-order valence-corrected chi connectivity index (χ1v) is 9.16. The lowest BCUT2D eigenvalue weighted by molar-refractivity contribution is 0.269. The van der Waals surface area contributed by atoms with Gasteiger partial charge >= 0.3 is 0 Å². The highest BCUT2D eigenvalue weighted by molar-refractivity contribution is 7.14. The second kappa shape index (κ2) is 9.00. The number of nitrogens with one attached hydrogen (secondary N) is 1. The molecule has 0 saturated carbocycles. The molecule has 27 heavy (non-hydrogen) atoms. The Labute approximate surface area is 160 Å². The van der Waals surface area contributed by atoms with Crippen molar-refractivity contribution in [3.63, 3.8) is 0 Å². The van der Waals surface area contributed by atoms with E-state index in [4.69, 9.17) is 15.2 Å². The number of hydrogen-bond donors (Lipinski definition) is 2. The summed E-state index contributed by atoms with van der Waals surface area (Å²) in [5.74, 6) is 1.41. The zero-order chi connectivity index (χ0) is 19.1. The molecule has 8 heteroatoms. The Balaban J connectivity index is 1.66. The molecule has 0 aliphatic heterocycles. The number of hydrazone groups is 1. The van der Waals surface area contributed by atoms with E-state index < -0.39 is 0 Å². The van der Waals surface area contributed by atoms with Crippen molar-refractivity contribution in [2.45, 2.75) is 13.5 Å². The van der Waals surface area contributed by atoms with Gasteiger partial charge < -0.3 is 15.2 Å². The van der Waals surface area contributed by atoms with E-state index in [1.807, 2.05) is 25.1 Å². The molecule has 0 radical (unpaired) electrons. The number of nitrogens with zero attached hydrogens (tertiary/aromatic N) is 2. The summed E-state index contributed by atoms with van der Waals surface area (Å²) in [6.45, 7) is 2.73. The zero-order valence-corrected chi connectivity index (χ0v) is 15.5. The Bertz CT molecular complexity index is 912. The van der Waals surface area contributed by atoms with Gasteiger partial charge in [0.15, 0.2) is 11.5 Å². The number of anilines is 2. The van der Waals surface area contributed by atoms with Crippen LogP contribution in [0.25, 0.3) is 0 Å². The molecule has 0 atom stereocenters. The van der Waals surface area contributed by atoms with Gasteiger partial charge in [-0.1, -0.05) is 12.1 Å². The van der Waals surface area contributed by atoms with Crippen LogP contribution in [0.4, 0.5) is 15.3 Å². The van der Waals surface area contributed by atoms with Crippen molar-refractivity contribution in [1.82, 2.24) is 4.98 Å². The minimum atomic E-state index is -0.272. The van der Waals surface area contributed by atoms with Crippen molar-refractivity contribution in [3.8, 4) is 11.5 Å². The van der Waals surface area contributed by atoms with E-state index in [-0.39, 0.29) is 5.82 Å². The largest absolute Gasteiger partial charge is 0.490 e. The van der Waals surface area contributed by atoms with Crippen molar-refractivity contribution in [3.05, 3.63) is 64.8 Å². The van der Waals surface area contributed by atoms with E-state index in [2.05, 4.69) is 15.5 Å². The number of hydrogen-bond acceptors (Lipinski definition) is 7. The van der Waals surface area contributed by atoms with Gasteiger partial charge in [-0.3, -0.25) is 5.43 Å². The Morgan fingerprint density at radius 1 is 1.19 bits per heavy atom. The SMILES string of the molecule is CCOc1cc(C=NNc2nc(N)cs2)ccc1OCc1ccc(F)cc1. The highest BCUT2D eigenvalue weighted by Crippen LogP contribution is 2.29. The molecule has 3 rings (SSSR count). The number of thiazole rings is 1. The molecule has 1 aromatic heterocycles. The molecule has 6 nitrogen and oxygen atoms in total. The molecule has 0 saturated heterocycles. The summed E-state index contributed by atoms with van der Waals surface area (Å²) in [7, 11) is 0. The fourth-order valence-corrected chi connectivity index (χ4v) is 2.78. The summed E-state index contributed by atoms with van der Waals surface area (Å²) in [5, 5.41) is 6.50. The van der Waals surface area contributed by atoms with Gasteiger partial charge in [0.1, 0.15) is 18.2 Å². The maximum atomic E-state index is 13.0. The van der Waals surface area contributed by atoms with E-state index in [1.54, 1.807) is 23.7 Å². The monoisotopic (exact) mass is 386 g/mol. The number of rotatable bonds is 8. The summed E-state index contributed by atoms with van der Waals surface area (Å²) < 4.78 is 24.5. The maximum Gasteiger partial charge on any atom is 0.205 e. The van der Waals surface area contributed by atoms with Gasteiger partial charge in [-0.15, -0.1) is 11.3 Å². The van der Waals surface area contributed by atoms with Gasteiger partial charge in [-0.05, 0) is 48.4 Å². The number of benzene rings is 2. The standard InChI is InChI=1S/C19H19FN4O2S/c1-2-25-17-9-14(10-22-24-19-23-18(21)12-27-19)5-8-16(17)26-11-13-3-6-15(20)7-4-13/h3-10,12H,2,11,21H2,1H3,(H,23,24). The molecule has 0 aliphatic rings. The Morgan fingerprint density at radius 3 is 2.70 bits per heavy atom. The summed E-state index contributed by atoms with van der Waals surface area (Å²) in [4.78, 5) is 4.06. The lowest BCUT2D eigenvalue weighted by atomic mass is 10.2. The summed E-state index contributed by atoms with van der Waals surface area (Å²) >= 11 is 1.37. The van der Waals surface area contributed by atoms with Gasteiger partial charge in [-0.25, -0.2) is 9.37 Å². The molecule has 3 N–H and O–H groups in total. The van der Waals surface area contributed by atoms with Crippen LogP contribution in [-0.2, 0) is 6.61 Å². The summed E-state index contributed by atoms with van der Waals surface area (Å²) in [6, 6.07) is 11.7. The first-order chi connectivity index (χ1) is 13.1. The topological polar surface area (TPSA) is 81.8 Å². The molecule has 0 bridgehead atoms. The van der Waals surface area contributed by atoms with Crippen LogP contribution in [0.3, 0.4) is 0 Å². The number of aromatic nitrogens is 1. The van der Waals surface area contributed by atoms with E-state index in [9.17, 15) is 4.39 Å². The normalized spacial score (nSPS) is 10.9. The molecule has 1 heterocycles. The van der Waals surface area contributed by atoms with E-state index >= 15 is 0 Å². The highest BCUT2D eigenvalue weighted by atomic mass is 32.1. The van der Waals surface area contributed by atoms with Crippen LogP contribution in [0.5, 0.6) is 11.5 Å². The predicted molar refractivity (Wildman–Crippen MR) is 106 cm³/mol. The third kappa shape index (κ3) is 5.42. The molecule has 3 aromatic rings. The Kier molecular flexibility index (Phi) is 6.22. The van der Waals surface area contributed by atoms with Crippen LogP contribution in [-0.4, -0.2) is 17.8 Å². The molecule has 0 amide bonds. The lowest BCUT2D eigenvalue weighted by Crippen LogP contribution is -2.01. The molecule has 2 aromatic carbocycles. The van der Waals surface area contributed by atoms with Crippen LogP contribution in [0, 0.1) is 5.82 Å². The van der Waals surface area contributed by atoms with Crippen molar-refractivity contribution >= 4 is 28.5 Å². The predicted octanol–water partition coefficient (Wildman–Crippen LogP) is 4.29. The van der Waals surface area contributed by atoms with Gasteiger partial charge in [-0.2, -0.15) is 5.10 Å². The number of nitrogen functional groups attached to an aromatic ring is 1. The highest BCUT2D eigenvalue weighted by Gasteiger charge is 2.07. The van der Waals surface area contributed by atoms with Crippen molar-refractivity contribution in [2.24, 2.45) is 5.10 Å². The van der Waals surface area contributed by atoms with Gasteiger partial charge in [0.05, 0.1) is 12.8 Å². The molecule has 0 fully saturated rings. The van der Waals surface area contributed by atoms with E-state index in [1.165, 1.54) is 23.5 Å². The van der Waals surface area contributed by atoms with Crippen LogP contribution < -0.4 is 20.6 Å². The molecular weight excluding hydrogens is 367 g/mol. The number of ether oxygens (including phenoxy) is 2. The van der Waals surface area contributed by atoms with Gasteiger partial charge in [0.25, 0.3) is 0 Å².